The Bertz CT molecular complexity index is 1060. The van der Waals surface area contributed by atoms with Gasteiger partial charge in [-0.15, -0.1) is 0 Å². The Morgan fingerprint density at radius 2 is 1.87 bits per heavy atom. The van der Waals surface area contributed by atoms with Gasteiger partial charge in [-0.25, -0.2) is 8.42 Å². The van der Waals surface area contributed by atoms with Crippen LogP contribution in [0.4, 0.5) is 18.9 Å². The van der Waals surface area contributed by atoms with Crippen molar-refractivity contribution in [2.24, 2.45) is 0 Å². The van der Waals surface area contributed by atoms with Gasteiger partial charge in [-0.2, -0.15) is 13.2 Å². The molecule has 0 fully saturated rings. The van der Waals surface area contributed by atoms with Crippen LogP contribution in [0.5, 0.6) is 11.5 Å². The number of sulfonamides is 1. The molecule has 7 nitrogen and oxygen atoms in total. The number of nitrogens with zero attached hydrogens (tertiary/aromatic N) is 1. The molecule has 0 saturated carbocycles. The monoisotopic (exact) mass is 444 g/mol. The quantitative estimate of drug-likeness (QED) is 0.741. The highest BCUT2D eigenvalue weighted by Crippen LogP contribution is 2.33. The molecule has 0 aromatic heterocycles. The van der Waals surface area contributed by atoms with Crippen molar-refractivity contribution < 1.29 is 35.9 Å². The number of ether oxygens (including phenoxy) is 2. The molecule has 2 aromatic rings. The van der Waals surface area contributed by atoms with E-state index in [2.05, 4.69) is 5.32 Å². The van der Waals surface area contributed by atoms with E-state index in [9.17, 15) is 26.4 Å². The smallest absolute Gasteiger partial charge is 0.416 e. The number of carbonyl (C=O) groups excluding carboxylic acids is 1. The summed E-state index contributed by atoms with van der Waals surface area (Å²) in [6.45, 7) is 1.47. The van der Waals surface area contributed by atoms with Crippen LogP contribution < -0.4 is 19.1 Å². The lowest BCUT2D eigenvalue weighted by Crippen LogP contribution is -2.47. The van der Waals surface area contributed by atoms with Crippen molar-refractivity contribution in [3.05, 3.63) is 53.6 Å². The lowest BCUT2D eigenvalue weighted by Gasteiger charge is -2.28. The number of fused-ring (bicyclic) bond motifs is 1. The summed E-state index contributed by atoms with van der Waals surface area (Å²) in [4.78, 5) is 12.6. The summed E-state index contributed by atoms with van der Waals surface area (Å²) < 4.78 is 74.8. The Balaban J connectivity index is 1.78. The van der Waals surface area contributed by atoms with E-state index in [-0.39, 0.29) is 19.0 Å². The summed E-state index contributed by atoms with van der Waals surface area (Å²) in [6.07, 6.45) is -3.82. The maximum absolute atomic E-state index is 13.0. The number of anilines is 1. The van der Waals surface area contributed by atoms with E-state index in [4.69, 9.17) is 9.47 Å². The third-order valence-corrected chi connectivity index (χ3v) is 5.66. The molecule has 1 unspecified atom stereocenters. The number of hydrogen-bond acceptors (Lipinski definition) is 5. The van der Waals surface area contributed by atoms with Crippen LogP contribution in [0.15, 0.2) is 42.5 Å². The van der Waals surface area contributed by atoms with Crippen LogP contribution in [0.1, 0.15) is 18.1 Å². The SMILES string of the molecule is CC(C(=O)NCc1ccc2c(c1)OCO2)N(c1cccc(C(F)(F)F)c1)S(C)(=O)=O. The average molecular weight is 444 g/mol. The Morgan fingerprint density at radius 1 is 1.17 bits per heavy atom. The minimum Gasteiger partial charge on any atom is -0.454 e. The molecule has 0 saturated heterocycles. The number of hydrogen-bond donors (Lipinski definition) is 1. The maximum atomic E-state index is 13.0. The molecule has 0 aliphatic carbocycles. The van der Waals surface area contributed by atoms with Crippen molar-refractivity contribution in [2.45, 2.75) is 25.7 Å². The van der Waals surface area contributed by atoms with Gasteiger partial charge < -0.3 is 14.8 Å². The largest absolute Gasteiger partial charge is 0.454 e. The number of carbonyl (C=O) groups is 1. The van der Waals surface area contributed by atoms with E-state index in [1.165, 1.54) is 13.0 Å². The molecule has 3 rings (SSSR count). The van der Waals surface area contributed by atoms with E-state index in [0.717, 1.165) is 18.4 Å². The van der Waals surface area contributed by atoms with Gasteiger partial charge in [-0.05, 0) is 42.8 Å². The maximum Gasteiger partial charge on any atom is 0.416 e. The predicted octanol–water partition coefficient (Wildman–Crippen LogP) is 2.91. The summed E-state index contributed by atoms with van der Waals surface area (Å²) in [5.74, 6) is 0.429. The Morgan fingerprint density at radius 3 is 2.53 bits per heavy atom. The normalized spacial score (nSPS) is 14.3. The lowest BCUT2D eigenvalue weighted by atomic mass is 10.1. The van der Waals surface area contributed by atoms with E-state index < -0.39 is 33.7 Å². The Labute approximate surface area is 171 Å². The van der Waals surface area contributed by atoms with Crippen molar-refractivity contribution in [3.8, 4) is 11.5 Å². The second-order valence-corrected chi connectivity index (χ2v) is 8.55. The summed E-state index contributed by atoms with van der Waals surface area (Å²) in [5, 5.41) is 2.59. The second kappa shape index (κ2) is 8.05. The highest BCUT2D eigenvalue weighted by molar-refractivity contribution is 7.92. The number of amides is 1. The second-order valence-electron chi connectivity index (χ2n) is 6.69. The molecule has 162 valence electrons. The highest BCUT2D eigenvalue weighted by atomic mass is 32.2. The van der Waals surface area contributed by atoms with Gasteiger partial charge in [-0.3, -0.25) is 9.10 Å². The van der Waals surface area contributed by atoms with E-state index >= 15 is 0 Å². The fourth-order valence-electron chi connectivity index (χ4n) is 3.02. The average Bonchev–Trinajstić information content (AvgIpc) is 3.12. The zero-order valence-electron chi connectivity index (χ0n) is 16.1. The van der Waals surface area contributed by atoms with E-state index in [0.29, 0.717) is 27.4 Å². The summed E-state index contributed by atoms with van der Waals surface area (Å²) >= 11 is 0. The van der Waals surface area contributed by atoms with Crippen LogP contribution in [-0.2, 0) is 27.5 Å². The van der Waals surface area contributed by atoms with Crippen LogP contribution in [-0.4, -0.2) is 33.4 Å². The van der Waals surface area contributed by atoms with Crippen LogP contribution >= 0.6 is 0 Å². The molecule has 2 aromatic carbocycles. The standard InChI is InChI=1S/C19H19F3N2O5S/c1-12(18(25)23-10-13-6-7-16-17(8-13)29-11-28-16)24(30(2,26)27)15-5-3-4-14(9-15)19(20,21)22/h3-9,12H,10-11H2,1-2H3,(H,23,25). The number of alkyl halides is 3. The first kappa shape index (κ1) is 21.8. The molecular formula is C19H19F3N2O5S. The third-order valence-electron chi connectivity index (χ3n) is 4.42. The Hall–Kier alpha value is -2.95. The van der Waals surface area contributed by atoms with E-state index in [1.807, 2.05) is 0 Å². The summed E-state index contributed by atoms with van der Waals surface area (Å²) in [6, 6.07) is 7.60. The van der Waals surface area contributed by atoms with Gasteiger partial charge in [0.15, 0.2) is 11.5 Å². The fourth-order valence-corrected chi connectivity index (χ4v) is 4.18. The minimum absolute atomic E-state index is 0.0695. The van der Waals surface area contributed by atoms with Crippen LogP contribution in [0.3, 0.4) is 0 Å². The van der Waals surface area contributed by atoms with Crippen LogP contribution in [0.2, 0.25) is 0 Å². The van der Waals surface area contributed by atoms with Crippen molar-refractivity contribution in [3.63, 3.8) is 0 Å². The first-order valence-electron chi connectivity index (χ1n) is 8.80. The third kappa shape index (κ3) is 4.78. The zero-order valence-corrected chi connectivity index (χ0v) is 16.9. The topological polar surface area (TPSA) is 84.9 Å². The number of benzene rings is 2. The molecule has 30 heavy (non-hydrogen) atoms. The van der Waals surface area contributed by atoms with Gasteiger partial charge in [0, 0.05) is 6.54 Å². The van der Waals surface area contributed by atoms with Crippen molar-refractivity contribution >= 4 is 21.6 Å². The first-order valence-corrected chi connectivity index (χ1v) is 10.6. The molecule has 0 bridgehead atoms. The molecular weight excluding hydrogens is 425 g/mol. The number of halogens is 3. The van der Waals surface area contributed by atoms with E-state index in [1.54, 1.807) is 18.2 Å². The molecule has 1 aliphatic rings. The molecule has 0 radical (unpaired) electrons. The van der Waals surface area contributed by atoms with Crippen molar-refractivity contribution in [1.82, 2.24) is 5.32 Å². The number of nitrogens with one attached hydrogen (secondary N) is 1. The van der Waals surface area contributed by atoms with Crippen molar-refractivity contribution in [2.75, 3.05) is 17.4 Å². The van der Waals surface area contributed by atoms with Gasteiger partial charge in [0.25, 0.3) is 0 Å². The highest BCUT2D eigenvalue weighted by Gasteiger charge is 2.34. The molecule has 0 spiro atoms. The summed E-state index contributed by atoms with van der Waals surface area (Å²) in [7, 11) is -4.05. The summed E-state index contributed by atoms with van der Waals surface area (Å²) in [5.41, 5.74) is -0.579. The van der Waals surface area contributed by atoms with Gasteiger partial charge in [-0.1, -0.05) is 12.1 Å². The van der Waals surface area contributed by atoms with Gasteiger partial charge in [0.2, 0.25) is 22.7 Å². The van der Waals surface area contributed by atoms with Crippen LogP contribution in [0.25, 0.3) is 0 Å². The minimum atomic E-state index is -4.65. The molecule has 1 heterocycles. The lowest BCUT2D eigenvalue weighted by molar-refractivity contribution is -0.137. The molecule has 1 atom stereocenters. The Kier molecular flexibility index (Phi) is 5.84. The van der Waals surface area contributed by atoms with Crippen LogP contribution in [0, 0.1) is 0 Å². The first-order chi connectivity index (χ1) is 14.0. The molecule has 1 aliphatic heterocycles. The van der Waals surface area contributed by atoms with Gasteiger partial charge >= 0.3 is 6.18 Å². The van der Waals surface area contributed by atoms with Crippen molar-refractivity contribution in [1.29, 1.82) is 0 Å². The van der Waals surface area contributed by atoms with Gasteiger partial charge in [0.1, 0.15) is 6.04 Å². The zero-order chi connectivity index (χ0) is 22.1. The fraction of sp³-hybridized carbons (Fsp3) is 0.316. The predicted molar refractivity (Wildman–Crippen MR) is 103 cm³/mol. The van der Waals surface area contributed by atoms with Gasteiger partial charge in [0.05, 0.1) is 17.5 Å². The number of rotatable bonds is 6. The molecule has 1 N–H and O–H groups in total. The molecule has 1 amide bonds. The molecule has 11 heteroatoms.